The quantitative estimate of drug-likeness (QED) is 0.382. The number of hydrogen-bond donors (Lipinski definition) is 1. The van der Waals surface area contributed by atoms with Crippen molar-refractivity contribution in [3.8, 4) is 0 Å². The van der Waals surface area contributed by atoms with Gasteiger partial charge in [0.1, 0.15) is 5.70 Å². The molecule has 0 bridgehead atoms. The van der Waals surface area contributed by atoms with E-state index in [1.165, 1.54) is 12.1 Å². The van der Waals surface area contributed by atoms with Crippen LogP contribution in [0.2, 0.25) is 5.02 Å². The Morgan fingerprint density at radius 2 is 2.00 bits per heavy atom. The van der Waals surface area contributed by atoms with Crippen LogP contribution < -0.4 is 5.32 Å². The van der Waals surface area contributed by atoms with Crippen molar-refractivity contribution in [3.63, 3.8) is 0 Å². The van der Waals surface area contributed by atoms with Crippen LogP contribution in [-0.2, 0) is 19.1 Å². The molecule has 0 amide bonds. The number of non-ortho nitro benzene ring substituents is 1. The highest BCUT2D eigenvalue weighted by Crippen LogP contribution is 2.27. The number of halogens is 1. The number of anilines is 1. The summed E-state index contributed by atoms with van der Waals surface area (Å²) in [6, 6.07) is 3.60. The van der Waals surface area contributed by atoms with Crippen molar-refractivity contribution in [2.45, 2.75) is 0 Å². The van der Waals surface area contributed by atoms with E-state index in [0.29, 0.717) is 0 Å². The Kier molecular flexibility index (Phi) is 5.67. The van der Waals surface area contributed by atoms with Crippen LogP contribution in [-0.4, -0.2) is 31.1 Å². The minimum atomic E-state index is -0.824. The van der Waals surface area contributed by atoms with Crippen LogP contribution in [0, 0.1) is 10.1 Å². The van der Waals surface area contributed by atoms with Gasteiger partial charge in [0.05, 0.1) is 35.9 Å². The fraction of sp³-hybridized carbons (Fsp3) is 0.167. The lowest BCUT2D eigenvalue weighted by molar-refractivity contribution is -0.384. The van der Waals surface area contributed by atoms with E-state index >= 15 is 0 Å². The van der Waals surface area contributed by atoms with Gasteiger partial charge in [-0.2, -0.15) is 0 Å². The van der Waals surface area contributed by atoms with Gasteiger partial charge in [-0.1, -0.05) is 11.6 Å². The van der Waals surface area contributed by atoms with Crippen LogP contribution >= 0.6 is 11.6 Å². The van der Waals surface area contributed by atoms with Crippen LogP contribution in [0.1, 0.15) is 0 Å². The van der Waals surface area contributed by atoms with Gasteiger partial charge < -0.3 is 14.8 Å². The Balaban J connectivity index is 3.10. The van der Waals surface area contributed by atoms with Crippen molar-refractivity contribution < 1.29 is 24.0 Å². The fourth-order valence-corrected chi connectivity index (χ4v) is 1.52. The zero-order chi connectivity index (χ0) is 16.0. The van der Waals surface area contributed by atoms with Crippen LogP contribution in [0.25, 0.3) is 0 Å². The molecule has 0 saturated carbocycles. The van der Waals surface area contributed by atoms with Gasteiger partial charge in [0.15, 0.2) is 0 Å². The summed E-state index contributed by atoms with van der Waals surface area (Å²) in [6.45, 7) is 0. The van der Waals surface area contributed by atoms with E-state index in [0.717, 1.165) is 26.4 Å². The lowest BCUT2D eigenvalue weighted by Gasteiger charge is -2.10. The Morgan fingerprint density at radius 1 is 1.33 bits per heavy atom. The number of nitrogens with zero attached hydrogens (tertiary/aromatic N) is 1. The largest absolute Gasteiger partial charge is 0.466 e. The second-order valence-electron chi connectivity index (χ2n) is 3.62. The highest BCUT2D eigenvalue weighted by atomic mass is 35.5. The zero-order valence-corrected chi connectivity index (χ0v) is 11.8. The molecule has 0 aromatic heterocycles. The van der Waals surface area contributed by atoms with Gasteiger partial charge in [0.25, 0.3) is 5.69 Å². The van der Waals surface area contributed by atoms with Crippen LogP contribution in [0.4, 0.5) is 11.4 Å². The van der Waals surface area contributed by atoms with Gasteiger partial charge >= 0.3 is 11.9 Å². The highest BCUT2D eigenvalue weighted by Gasteiger charge is 2.16. The van der Waals surface area contributed by atoms with Crippen molar-refractivity contribution in [2.24, 2.45) is 0 Å². The molecule has 1 N–H and O–H groups in total. The second-order valence-corrected chi connectivity index (χ2v) is 4.03. The third-order valence-corrected chi connectivity index (χ3v) is 2.61. The molecule has 0 unspecified atom stereocenters. The number of carbonyl (C=O) groups excluding carboxylic acids is 2. The Hall–Kier alpha value is -2.61. The van der Waals surface area contributed by atoms with Gasteiger partial charge in [-0.3, -0.25) is 10.1 Å². The smallest absolute Gasteiger partial charge is 0.354 e. The van der Waals surface area contributed by atoms with E-state index in [9.17, 15) is 19.7 Å². The first-order valence-electron chi connectivity index (χ1n) is 5.48. The van der Waals surface area contributed by atoms with Gasteiger partial charge in [0.2, 0.25) is 0 Å². The first-order chi connectivity index (χ1) is 9.88. The summed E-state index contributed by atoms with van der Waals surface area (Å²) in [5.41, 5.74) is -0.231. The molecule has 0 aliphatic carbocycles. The third kappa shape index (κ3) is 4.46. The maximum atomic E-state index is 11.5. The summed E-state index contributed by atoms with van der Waals surface area (Å²) >= 11 is 5.87. The zero-order valence-electron chi connectivity index (χ0n) is 11.1. The Morgan fingerprint density at radius 3 is 2.48 bits per heavy atom. The maximum absolute atomic E-state index is 11.5. The summed E-state index contributed by atoms with van der Waals surface area (Å²) in [7, 11) is 2.28. The normalized spacial score (nSPS) is 10.7. The SMILES string of the molecule is COC(=O)/C=C(/Nc1ccc([N+](=O)[O-])cc1Cl)C(=O)OC. The number of methoxy groups -OCH3 is 2. The lowest BCUT2D eigenvalue weighted by atomic mass is 10.2. The molecule has 112 valence electrons. The van der Waals surface area contributed by atoms with E-state index < -0.39 is 16.9 Å². The lowest BCUT2D eigenvalue weighted by Crippen LogP contribution is -2.15. The van der Waals surface area contributed by atoms with Gasteiger partial charge in [0, 0.05) is 12.1 Å². The minimum absolute atomic E-state index is 0.00358. The first-order valence-corrected chi connectivity index (χ1v) is 5.85. The number of benzene rings is 1. The number of hydrogen-bond acceptors (Lipinski definition) is 7. The van der Waals surface area contributed by atoms with Crippen molar-refractivity contribution >= 4 is 34.9 Å². The van der Waals surface area contributed by atoms with E-state index in [1.807, 2.05) is 0 Å². The van der Waals surface area contributed by atoms with Gasteiger partial charge in [-0.15, -0.1) is 0 Å². The van der Waals surface area contributed by atoms with Crippen molar-refractivity contribution in [2.75, 3.05) is 19.5 Å². The molecular formula is C12H11ClN2O6. The summed E-state index contributed by atoms with van der Waals surface area (Å²) in [5, 5.41) is 13.2. The summed E-state index contributed by atoms with van der Waals surface area (Å²) in [5.74, 6) is -1.60. The Bertz CT molecular complexity index is 614. The van der Waals surface area contributed by atoms with Crippen LogP contribution in [0.3, 0.4) is 0 Å². The number of nitrogens with one attached hydrogen (secondary N) is 1. The number of rotatable bonds is 5. The molecule has 21 heavy (non-hydrogen) atoms. The van der Waals surface area contributed by atoms with E-state index in [2.05, 4.69) is 14.8 Å². The molecular weight excluding hydrogens is 304 g/mol. The summed E-state index contributed by atoms with van der Waals surface area (Å²) < 4.78 is 8.91. The van der Waals surface area contributed by atoms with Crippen molar-refractivity contribution in [3.05, 3.63) is 45.1 Å². The molecule has 0 radical (unpaired) electrons. The minimum Gasteiger partial charge on any atom is -0.466 e. The molecule has 0 heterocycles. The Labute approximate surface area is 124 Å². The molecule has 9 heteroatoms. The average Bonchev–Trinajstić information content (AvgIpc) is 2.46. The first kappa shape index (κ1) is 16.4. The summed E-state index contributed by atoms with van der Waals surface area (Å²) in [6.07, 6.45) is 0.879. The van der Waals surface area contributed by atoms with Crippen molar-refractivity contribution in [1.29, 1.82) is 0 Å². The molecule has 8 nitrogen and oxygen atoms in total. The second kappa shape index (κ2) is 7.25. The summed E-state index contributed by atoms with van der Waals surface area (Å²) in [4.78, 5) is 32.7. The molecule has 0 saturated heterocycles. The molecule has 0 aliphatic heterocycles. The topological polar surface area (TPSA) is 108 Å². The molecule has 0 fully saturated rings. The van der Waals surface area contributed by atoms with Crippen LogP contribution in [0.5, 0.6) is 0 Å². The third-order valence-electron chi connectivity index (χ3n) is 2.30. The molecule has 1 aromatic rings. The predicted octanol–water partition coefficient (Wildman–Crippen LogP) is 1.89. The predicted molar refractivity (Wildman–Crippen MR) is 73.8 cm³/mol. The number of esters is 2. The number of nitro groups is 1. The number of ether oxygens (including phenoxy) is 2. The van der Waals surface area contributed by atoms with Gasteiger partial charge in [-0.25, -0.2) is 9.59 Å². The van der Waals surface area contributed by atoms with Crippen molar-refractivity contribution in [1.82, 2.24) is 0 Å². The number of nitro benzene ring substituents is 1. The molecule has 1 rings (SSSR count). The average molecular weight is 315 g/mol. The maximum Gasteiger partial charge on any atom is 0.354 e. The molecule has 0 spiro atoms. The highest BCUT2D eigenvalue weighted by molar-refractivity contribution is 6.33. The van der Waals surface area contributed by atoms with Gasteiger partial charge in [-0.05, 0) is 6.07 Å². The molecule has 0 atom stereocenters. The van der Waals surface area contributed by atoms with E-state index in [4.69, 9.17) is 11.6 Å². The standard InChI is InChI=1S/C12H11ClN2O6/c1-20-11(16)6-10(12(17)21-2)14-9-4-3-7(15(18)19)5-8(9)13/h3-6,14H,1-2H3/b10-6+. The molecule has 0 aliphatic rings. The monoisotopic (exact) mass is 314 g/mol. The van der Waals surface area contributed by atoms with E-state index in [-0.39, 0.29) is 22.1 Å². The van der Waals surface area contributed by atoms with Crippen LogP contribution in [0.15, 0.2) is 30.0 Å². The fourth-order valence-electron chi connectivity index (χ4n) is 1.30. The molecule has 1 aromatic carbocycles. The number of carbonyl (C=O) groups is 2. The van der Waals surface area contributed by atoms with E-state index in [1.54, 1.807) is 0 Å².